The summed E-state index contributed by atoms with van der Waals surface area (Å²) in [5, 5.41) is 24.5. The number of aliphatic hydroxyl groups excluding tert-OH is 2. The molecule has 0 unspecified atom stereocenters. The van der Waals surface area contributed by atoms with Crippen molar-refractivity contribution in [3.05, 3.63) is 80.7 Å². The number of hydrogen-bond acceptors (Lipinski definition) is 2. The van der Waals surface area contributed by atoms with Crippen LogP contribution < -0.4 is 0 Å². The lowest BCUT2D eigenvalue weighted by Crippen LogP contribution is -1.99. The Morgan fingerprint density at radius 2 is 1.00 bits per heavy atom. The molecule has 0 spiro atoms. The molecule has 26 heavy (non-hydrogen) atoms. The van der Waals surface area contributed by atoms with Crippen LogP contribution in [0.5, 0.6) is 0 Å². The second kappa shape index (κ2) is 7.12. The molecule has 0 radical (unpaired) electrons. The van der Waals surface area contributed by atoms with E-state index < -0.39 is 0 Å². The van der Waals surface area contributed by atoms with Crippen molar-refractivity contribution >= 4 is 53.4 Å². The van der Waals surface area contributed by atoms with Crippen molar-refractivity contribution in [2.45, 2.75) is 13.2 Å². The molecule has 0 amide bonds. The van der Waals surface area contributed by atoms with E-state index in [9.17, 15) is 10.2 Å². The topological polar surface area (TPSA) is 40.5 Å². The zero-order valence-electron chi connectivity index (χ0n) is 13.8. The third-order valence-corrected chi connectivity index (χ3v) is 6.19. The monoisotopic (exact) mass is 470 g/mol. The predicted octanol–water partition coefficient (Wildman–Crippen LogP) is 6.17. The first-order valence-electron chi connectivity index (χ1n) is 8.28. The van der Waals surface area contributed by atoms with Crippen molar-refractivity contribution in [2.24, 2.45) is 0 Å². The number of rotatable bonds is 3. The first kappa shape index (κ1) is 17.7. The van der Waals surface area contributed by atoms with Gasteiger partial charge < -0.3 is 10.2 Å². The van der Waals surface area contributed by atoms with E-state index in [0.717, 1.165) is 52.7 Å². The van der Waals surface area contributed by atoms with Crippen molar-refractivity contribution in [3.8, 4) is 11.1 Å². The molecule has 0 saturated heterocycles. The Kier molecular flexibility index (Phi) is 4.84. The summed E-state index contributed by atoms with van der Waals surface area (Å²) in [7, 11) is 0. The van der Waals surface area contributed by atoms with Crippen molar-refractivity contribution < 1.29 is 10.2 Å². The lowest BCUT2D eigenvalue weighted by molar-refractivity contribution is 0.280. The molecule has 130 valence electrons. The highest BCUT2D eigenvalue weighted by molar-refractivity contribution is 9.10. The molecule has 4 heteroatoms. The van der Waals surface area contributed by atoms with Crippen LogP contribution in [-0.2, 0) is 13.2 Å². The van der Waals surface area contributed by atoms with Crippen LogP contribution in [0.4, 0.5) is 0 Å². The summed E-state index contributed by atoms with van der Waals surface area (Å²) in [5.41, 5.74) is 3.56. The summed E-state index contributed by atoms with van der Waals surface area (Å²) in [6.45, 7) is -0.182. The number of aliphatic hydroxyl groups is 2. The van der Waals surface area contributed by atoms with Gasteiger partial charge in [-0.15, -0.1) is 0 Å². The molecule has 0 atom stereocenters. The lowest BCUT2D eigenvalue weighted by Gasteiger charge is -2.20. The zero-order valence-corrected chi connectivity index (χ0v) is 17.0. The van der Waals surface area contributed by atoms with Gasteiger partial charge in [-0.05, 0) is 44.8 Å². The Morgan fingerprint density at radius 3 is 1.38 bits per heavy atom. The molecule has 4 aromatic rings. The molecule has 4 aromatic carbocycles. The van der Waals surface area contributed by atoms with Gasteiger partial charge in [-0.1, -0.05) is 80.4 Å². The fourth-order valence-corrected chi connectivity index (χ4v) is 4.73. The van der Waals surface area contributed by atoms with Gasteiger partial charge in [0.25, 0.3) is 0 Å². The minimum atomic E-state index is -0.0908. The van der Waals surface area contributed by atoms with E-state index in [-0.39, 0.29) is 13.2 Å². The lowest BCUT2D eigenvalue weighted by atomic mass is 9.87. The Morgan fingerprint density at radius 1 is 0.615 bits per heavy atom. The van der Waals surface area contributed by atoms with Crippen LogP contribution >= 0.6 is 31.9 Å². The van der Waals surface area contributed by atoms with Crippen LogP contribution in [0, 0.1) is 0 Å². The standard InChI is InChI=1S/C22H16Br2O2/c23-19-9-13-5-1-3-7-15(13)21(17(19)11-25)22-16-8-4-2-6-14(16)10-20(24)18(22)12-26/h1-10,25-26H,11-12H2. The molecule has 0 saturated carbocycles. The molecule has 2 N–H and O–H groups in total. The third-order valence-electron chi connectivity index (χ3n) is 4.77. The molecule has 0 aliphatic rings. The largest absolute Gasteiger partial charge is 0.392 e. The Labute approximate surface area is 168 Å². The quantitative estimate of drug-likeness (QED) is 0.375. The van der Waals surface area contributed by atoms with E-state index in [4.69, 9.17) is 0 Å². The Bertz CT molecular complexity index is 1040. The summed E-state index contributed by atoms with van der Waals surface area (Å²) in [4.78, 5) is 0. The highest BCUT2D eigenvalue weighted by Crippen LogP contribution is 2.44. The number of hydrogen-bond donors (Lipinski definition) is 2. The highest BCUT2D eigenvalue weighted by Gasteiger charge is 2.20. The minimum absolute atomic E-state index is 0.0908. The highest BCUT2D eigenvalue weighted by atomic mass is 79.9. The summed E-state index contributed by atoms with van der Waals surface area (Å²) in [6, 6.07) is 20.3. The maximum atomic E-state index is 10.1. The molecule has 4 rings (SSSR count). The summed E-state index contributed by atoms with van der Waals surface area (Å²) < 4.78 is 1.73. The molecule has 2 nitrogen and oxygen atoms in total. The van der Waals surface area contributed by atoms with E-state index >= 15 is 0 Å². The summed E-state index contributed by atoms with van der Waals surface area (Å²) in [5.74, 6) is 0. The molecule has 0 aromatic heterocycles. The number of fused-ring (bicyclic) bond motifs is 2. The second-order valence-corrected chi connectivity index (χ2v) is 7.89. The van der Waals surface area contributed by atoms with Crippen LogP contribution in [0.1, 0.15) is 11.1 Å². The summed E-state index contributed by atoms with van der Waals surface area (Å²) >= 11 is 7.24. The van der Waals surface area contributed by atoms with E-state index in [0.29, 0.717) is 0 Å². The summed E-state index contributed by atoms with van der Waals surface area (Å²) in [6.07, 6.45) is 0. The smallest absolute Gasteiger partial charge is 0.0699 e. The molecule has 0 fully saturated rings. The van der Waals surface area contributed by atoms with E-state index in [1.54, 1.807) is 0 Å². The molecule has 0 aliphatic carbocycles. The predicted molar refractivity (Wildman–Crippen MR) is 114 cm³/mol. The average molecular weight is 472 g/mol. The Balaban J connectivity index is 2.27. The second-order valence-electron chi connectivity index (χ2n) is 6.18. The maximum Gasteiger partial charge on any atom is 0.0699 e. The van der Waals surface area contributed by atoms with Crippen molar-refractivity contribution in [1.82, 2.24) is 0 Å². The average Bonchev–Trinajstić information content (AvgIpc) is 2.66. The molecule has 0 aliphatic heterocycles. The number of benzene rings is 4. The van der Waals surface area contributed by atoms with Gasteiger partial charge in [-0.3, -0.25) is 0 Å². The van der Waals surface area contributed by atoms with Gasteiger partial charge >= 0.3 is 0 Å². The molecular weight excluding hydrogens is 456 g/mol. The van der Waals surface area contributed by atoms with Crippen molar-refractivity contribution in [2.75, 3.05) is 0 Å². The molecular formula is C22H16Br2O2. The fraction of sp³-hybridized carbons (Fsp3) is 0.0909. The molecule has 0 heterocycles. The third kappa shape index (κ3) is 2.78. The first-order valence-corrected chi connectivity index (χ1v) is 9.86. The van der Waals surface area contributed by atoms with Crippen LogP contribution in [0.15, 0.2) is 69.6 Å². The Hall–Kier alpha value is -1.72. The van der Waals surface area contributed by atoms with Gasteiger partial charge in [-0.25, -0.2) is 0 Å². The first-order chi connectivity index (χ1) is 12.7. The van der Waals surface area contributed by atoms with Gasteiger partial charge in [0.2, 0.25) is 0 Å². The maximum absolute atomic E-state index is 10.1. The van der Waals surface area contributed by atoms with E-state index in [1.807, 2.05) is 36.4 Å². The van der Waals surface area contributed by atoms with Crippen LogP contribution in [-0.4, -0.2) is 10.2 Å². The normalized spacial score (nSPS) is 11.4. The van der Waals surface area contributed by atoms with Crippen molar-refractivity contribution in [3.63, 3.8) is 0 Å². The SMILES string of the molecule is OCc1c(Br)cc2ccccc2c1-c1c(CO)c(Br)cc2ccccc12. The minimum Gasteiger partial charge on any atom is -0.392 e. The van der Waals surface area contributed by atoms with E-state index in [2.05, 4.69) is 56.1 Å². The zero-order chi connectivity index (χ0) is 18.3. The fourth-order valence-electron chi connectivity index (χ4n) is 3.59. The van der Waals surface area contributed by atoms with Gasteiger partial charge in [-0.2, -0.15) is 0 Å². The van der Waals surface area contributed by atoms with E-state index in [1.165, 1.54) is 0 Å². The van der Waals surface area contributed by atoms with Crippen LogP contribution in [0.3, 0.4) is 0 Å². The van der Waals surface area contributed by atoms with Gasteiger partial charge in [0.1, 0.15) is 0 Å². The van der Waals surface area contributed by atoms with Crippen molar-refractivity contribution in [1.29, 1.82) is 0 Å². The van der Waals surface area contributed by atoms with Gasteiger partial charge in [0.15, 0.2) is 0 Å². The van der Waals surface area contributed by atoms with Crippen LogP contribution in [0.2, 0.25) is 0 Å². The number of halogens is 2. The van der Waals surface area contributed by atoms with Gasteiger partial charge in [0.05, 0.1) is 13.2 Å². The van der Waals surface area contributed by atoms with Crippen LogP contribution in [0.25, 0.3) is 32.7 Å². The molecule has 0 bridgehead atoms. The van der Waals surface area contributed by atoms with Gasteiger partial charge in [0, 0.05) is 20.1 Å².